The lowest BCUT2D eigenvalue weighted by Crippen LogP contribution is -2.11. The summed E-state index contributed by atoms with van der Waals surface area (Å²) in [5.41, 5.74) is 1.24. The summed E-state index contributed by atoms with van der Waals surface area (Å²) in [6, 6.07) is 17.6. The van der Waals surface area contributed by atoms with Crippen LogP contribution in [0.5, 0.6) is 23.0 Å². The van der Waals surface area contributed by atoms with Gasteiger partial charge in [-0.05, 0) is 79.2 Å². The van der Waals surface area contributed by atoms with Gasteiger partial charge < -0.3 is 28.4 Å². The van der Waals surface area contributed by atoms with Gasteiger partial charge in [0, 0.05) is 25.0 Å². The Morgan fingerprint density at radius 3 is 1.42 bits per heavy atom. The lowest BCUT2D eigenvalue weighted by molar-refractivity contribution is -0.138. The van der Waals surface area contributed by atoms with Crippen LogP contribution in [0.25, 0.3) is 0 Å². The summed E-state index contributed by atoms with van der Waals surface area (Å²) in [6.07, 6.45) is 7.29. The first-order valence-electron chi connectivity index (χ1n) is 15.8. The fraction of sp³-hybridized carbons (Fsp3) is 0.316. The quantitative estimate of drug-likeness (QED) is 0.0582. The van der Waals surface area contributed by atoms with E-state index < -0.39 is 23.9 Å². The summed E-state index contributed by atoms with van der Waals surface area (Å²) in [7, 11) is 0. The third-order valence-electron chi connectivity index (χ3n) is 6.38. The van der Waals surface area contributed by atoms with Crippen LogP contribution in [0.3, 0.4) is 0 Å². The van der Waals surface area contributed by atoms with E-state index in [4.69, 9.17) is 28.4 Å². The summed E-state index contributed by atoms with van der Waals surface area (Å²) in [6.45, 7) is 13.9. The van der Waals surface area contributed by atoms with Gasteiger partial charge in [0.1, 0.15) is 23.0 Å². The molecular formula is C38H44O10. The molecule has 0 amide bonds. The van der Waals surface area contributed by atoms with E-state index in [0.29, 0.717) is 60.0 Å². The summed E-state index contributed by atoms with van der Waals surface area (Å²) in [5, 5.41) is 0. The Balaban J connectivity index is 0.00000149. The van der Waals surface area contributed by atoms with Gasteiger partial charge in [-0.25, -0.2) is 19.2 Å². The molecule has 0 atom stereocenters. The van der Waals surface area contributed by atoms with Gasteiger partial charge in [-0.15, -0.1) is 0 Å². The van der Waals surface area contributed by atoms with Crippen molar-refractivity contribution in [3.8, 4) is 23.0 Å². The minimum atomic E-state index is -0.563. The normalized spacial score (nSPS) is 9.98. The second kappa shape index (κ2) is 22.2. The largest absolute Gasteiger partial charge is 0.493 e. The molecule has 3 aromatic rings. The Morgan fingerprint density at radius 1 is 0.583 bits per heavy atom. The van der Waals surface area contributed by atoms with E-state index in [0.717, 1.165) is 12.2 Å². The SMILES string of the molecule is C=CC(=O)OCCCOc1ccc(C(=O)Oc2ccc(OC(=O)c3ccc(OCCCOC(=O)C=C)cc3)c(C)c2)cc1.CCCCC. The maximum Gasteiger partial charge on any atom is 0.343 e. The lowest BCUT2D eigenvalue weighted by Gasteiger charge is -2.11. The molecule has 0 heterocycles. The summed E-state index contributed by atoms with van der Waals surface area (Å²) < 4.78 is 31.9. The van der Waals surface area contributed by atoms with Gasteiger partial charge in [0.25, 0.3) is 0 Å². The first kappa shape index (κ1) is 38.8. The zero-order valence-electron chi connectivity index (χ0n) is 27.9. The maximum atomic E-state index is 12.6. The van der Waals surface area contributed by atoms with Crippen LogP contribution >= 0.6 is 0 Å². The zero-order chi connectivity index (χ0) is 35.1. The number of esters is 4. The fourth-order valence-electron chi connectivity index (χ4n) is 3.81. The molecule has 0 aliphatic rings. The molecule has 0 radical (unpaired) electrons. The van der Waals surface area contributed by atoms with Gasteiger partial charge in [-0.3, -0.25) is 0 Å². The first-order chi connectivity index (χ1) is 23.2. The molecule has 0 aromatic heterocycles. The average molecular weight is 661 g/mol. The van der Waals surface area contributed by atoms with Crippen molar-refractivity contribution in [3.05, 3.63) is 109 Å². The second-order valence-corrected chi connectivity index (χ2v) is 10.3. The number of rotatable bonds is 18. The smallest absolute Gasteiger partial charge is 0.343 e. The standard InChI is InChI=1S/C33H32O10.C5H12/c1-4-30(34)40-20-6-18-38-26-12-8-24(9-13-26)32(36)42-28-16-17-29(23(3)22-28)43-33(37)25-10-14-27(15-11-25)39-19-7-21-41-31(35)5-2;1-3-5-4-2/h4-5,8-17,22H,1-2,6-7,18-21H2,3H3;3-5H2,1-2H3. The predicted octanol–water partition coefficient (Wildman–Crippen LogP) is 7.63. The van der Waals surface area contributed by atoms with E-state index >= 15 is 0 Å². The summed E-state index contributed by atoms with van der Waals surface area (Å²) in [4.78, 5) is 47.3. The van der Waals surface area contributed by atoms with Crippen LogP contribution in [0.15, 0.2) is 92.0 Å². The molecule has 256 valence electrons. The van der Waals surface area contributed by atoms with Crippen LogP contribution in [0, 0.1) is 6.92 Å². The van der Waals surface area contributed by atoms with E-state index in [1.807, 2.05) is 0 Å². The van der Waals surface area contributed by atoms with Crippen molar-refractivity contribution in [3.63, 3.8) is 0 Å². The van der Waals surface area contributed by atoms with Crippen molar-refractivity contribution in [1.29, 1.82) is 0 Å². The van der Waals surface area contributed by atoms with Crippen molar-refractivity contribution in [1.82, 2.24) is 0 Å². The molecule has 3 aromatic carbocycles. The Morgan fingerprint density at radius 2 is 1.02 bits per heavy atom. The third-order valence-corrected chi connectivity index (χ3v) is 6.38. The van der Waals surface area contributed by atoms with E-state index in [2.05, 4.69) is 27.0 Å². The highest BCUT2D eigenvalue weighted by molar-refractivity contribution is 5.92. The molecule has 0 unspecified atom stereocenters. The minimum absolute atomic E-state index is 0.218. The molecule has 10 nitrogen and oxygen atoms in total. The summed E-state index contributed by atoms with van der Waals surface area (Å²) >= 11 is 0. The number of ether oxygens (including phenoxy) is 6. The van der Waals surface area contributed by atoms with Crippen molar-refractivity contribution in [2.45, 2.75) is 52.9 Å². The Hall–Kier alpha value is -5.38. The number of hydrogen-bond donors (Lipinski definition) is 0. The predicted molar refractivity (Wildman–Crippen MR) is 182 cm³/mol. The average Bonchev–Trinajstić information content (AvgIpc) is 3.10. The van der Waals surface area contributed by atoms with Crippen molar-refractivity contribution >= 4 is 23.9 Å². The van der Waals surface area contributed by atoms with E-state index in [-0.39, 0.29) is 19.0 Å². The molecular weight excluding hydrogens is 616 g/mol. The number of unbranched alkanes of at least 4 members (excludes halogenated alkanes) is 2. The van der Waals surface area contributed by atoms with Crippen molar-refractivity contribution < 1.29 is 47.6 Å². The van der Waals surface area contributed by atoms with Crippen LogP contribution in [-0.4, -0.2) is 50.3 Å². The molecule has 0 aliphatic carbocycles. The van der Waals surface area contributed by atoms with Gasteiger partial charge in [0.2, 0.25) is 0 Å². The first-order valence-corrected chi connectivity index (χ1v) is 15.8. The molecule has 0 bridgehead atoms. The lowest BCUT2D eigenvalue weighted by atomic mass is 10.2. The molecule has 0 aliphatic heterocycles. The number of benzene rings is 3. The highest BCUT2D eigenvalue weighted by atomic mass is 16.5. The Kier molecular flexibility index (Phi) is 17.9. The number of carbonyl (C=O) groups is 4. The van der Waals surface area contributed by atoms with Crippen LogP contribution in [0.4, 0.5) is 0 Å². The molecule has 10 heteroatoms. The molecule has 48 heavy (non-hydrogen) atoms. The topological polar surface area (TPSA) is 124 Å². The molecule has 0 fully saturated rings. The van der Waals surface area contributed by atoms with Crippen molar-refractivity contribution in [2.75, 3.05) is 26.4 Å². The summed E-state index contributed by atoms with van der Waals surface area (Å²) in [5.74, 6) is -0.371. The highest BCUT2D eigenvalue weighted by Gasteiger charge is 2.14. The van der Waals surface area contributed by atoms with Gasteiger partial charge in [-0.2, -0.15) is 0 Å². The number of aryl methyl sites for hydroxylation is 1. The maximum absolute atomic E-state index is 12.6. The molecule has 0 N–H and O–H groups in total. The van der Waals surface area contributed by atoms with Crippen LogP contribution in [0.2, 0.25) is 0 Å². The monoisotopic (exact) mass is 660 g/mol. The van der Waals surface area contributed by atoms with Gasteiger partial charge in [0.05, 0.1) is 37.6 Å². The van der Waals surface area contributed by atoms with Gasteiger partial charge in [0.15, 0.2) is 0 Å². The molecule has 0 saturated heterocycles. The van der Waals surface area contributed by atoms with Crippen LogP contribution in [-0.2, 0) is 19.1 Å². The van der Waals surface area contributed by atoms with Gasteiger partial charge in [-0.1, -0.05) is 46.3 Å². The molecule has 0 saturated carbocycles. The number of carbonyl (C=O) groups excluding carboxylic acids is 4. The van der Waals surface area contributed by atoms with Crippen LogP contribution < -0.4 is 18.9 Å². The highest BCUT2D eigenvalue weighted by Crippen LogP contribution is 2.26. The van der Waals surface area contributed by atoms with Crippen LogP contribution in [0.1, 0.15) is 72.2 Å². The minimum Gasteiger partial charge on any atom is -0.493 e. The molecule has 3 rings (SSSR count). The van der Waals surface area contributed by atoms with Gasteiger partial charge >= 0.3 is 23.9 Å². The fourth-order valence-corrected chi connectivity index (χ4v) is 3.81. The van der Waals surface area contributed by atoms with E-state index in [9.17, 15) is 19.2 Å². The van der Waals surface area contributed by atoms with E-state index in [1.54, 1.807) is 67.6 Å². The Bertz CT molecular complexity index is 1470. The van der Waals surface area contributed by atoms with Crippen molar-refractivity contribution in [2.24, 2.45) is 0 Å². The third kappa shape index (κ3) is 14.8. The Labute approximate surface area is 282 Å². The zero-order valence-corrected chi connectivity index (χ0v) is 27.9. The second-order valence-electron chi connectivity index (χ2n) is 10.3. The molecule has 0 spiro atoms. The number of hydrogen-bond acceptors (Lipinski definition) is 10. The van der Waals surface area contributed by atoms with E-state index in [1.165, 1.54) is 25.3 Å².